The summed E-state index contributed by atoms with van der Waals surface area (Å²) in [4.78, 5) is 28.7. The van der Waals surface area contributed by atoms with E-state index >= 15 is 0 Å². The zero-order valence-electron chi connectivity index (χ0n) is 17.1. The predicted molar refractivity (Wildman–Crippen MR) is 112 cm³/mol. The van der Waals surface area contributed by atoms with E-state index in [1.807, 2.05) is 30.3 Å². The smallest absolute Gasteiger partial charge is 0.255 e. The van der Waals surface area contributed by atoms with E-state index in [1.165, 1.54) is 0 Å². The van der Waals surface area contributed by atoms with Crippen LogP contribution in [0.1, 0.15) is 54.7 Å². The highest BCUT2D eigenvalue weighted by Crippen LogP contribution is 2.36. The van der Waals surface area contributed by atoms with Crippen molar-refractivity contribution in [2.45, 2.75) is 38.6 Å². The van der Waals surface area contributed by atoms with Crippen molar-refractivity contribution >= 4 is 11.8 Å². The summed E-state index contributed by atoms with van der Waals surface area (Å²) in [5.41, 5.74) is 1.47. The second kappa shape index (κ2) is 10.0. The number of nitrogens with zero attached hydrogens (tertiary/aromatic N) is 1. The number of hydrogen-bond donors (Lipinski definition) is 2. The Hall–Kier alpha value is -2.89. The SMILES string of the molecule is COc1ccccc1C(=O)NCC1CCC([C@H](NC(C)=O)c2ccccn2)CC1. The molecule has 0 radical (unpaired) electrons. The van der Waals surface area contributed by atoms with Gasteiger partial charge >= 0.3 is 0 Å². The molecule has 2 N–H and O–H groups in total. The van der Waals surface area contributed by atoms with Crippen LogP contribution in [0.5, 0.6) is 5.75 Å². The number of carbonyl (C=O) groups excluding carboxylic acids is 2. The van der Waals surface area contributed by atoms with E-state index in [1.54, 1.807) is 32.4 Å². The molecule has 0 spiro atoms. The summed E-state index contributed by atoms with van der Waals surface area (Å²) in [6.45, 7) is 2.20. The van der Waals surface area contributed by atoms with E-state index < -0.39 is 0 Å². The number of methoxy groups -OCH3 is 1. The number of pyridine rings is 1. The van der Waals surface area contributed by atoms with Gasteiger partial charge in [-0.2, -0.15) is 0 Å². The number of nitrogens with one attached hydrogen (secondary N) is 2. The molecule has 1 aromatic heterocycles. The number of para-hydroxylation sites is 1. The van der Waals surface area contributed by atoms with Gasteiger partial charge in [0.15, 0.2) is 0 Å². The van der Waals surface area contributed by atoms with E-state index in [9.17, 15) is 9.59 Å². The third-order valence-electron chi connectivity index (χ3n) is 5.63. The molecule has 2 aromatic rings. The minimum Gasteiger partial charge on any atom is -0.496 e. The summed E-state index contributed by atoms with van der Waals surface area (Å²) in [5, 5.41) is 6.13. The number of amides is 2. The minimum atomic E-state index is -0.103. The average Bonchev–Trinajstić information content (AvgIpc) is 2.76. The first-order valence-corrected chi connectivity index (χ1v) is 10.2. The Kier molecular flexibility index (Phi) is 7.22. The molecular weight excluding hydrogens is 366 g/mol. The highest BCUT2D eigenvalue weighted by Gasteiger charge is 2.30. The van der Waals surface area contributed by atoms with Crippen molar-refractivity contribution < 1.29 is 14.3 Å². The second-order valence-electron chi connectivity index (χ2n) is 7.62. The van der Waals surface area contributed by atoms with E-state index in [4.69, 9.17) is 4.74 Å². The molecular formula is C23H29N3O3. The van der Waals surface area contributed by atoms with Gasteiger partial charge in [0.2, 0.25) is 5.91 Å². The standard InChI is InChI=1S/C23H29N3O3/c1-16(27)26-22(20-8-5-6-14-24-20)18-12-10-17(11-13-18)15-25-23(28)19-7-3-4-9-21(19)29-2/h3-9,14,17-18,22H,10-13,15H2,1-2H3,(H,25,28)(H,26,27)/t17?,18?,22-/m0/s1. The third-order valence-corrected chi connectivity index (χ3v) is 5.63. The Bertz CT molecular complexity index is 817. The molecule has 1 saturated carbocycles. The molecule has 0 saturated heterocycles. The molecule has 0 bridgehead atoms. The van der Waals surface area contributed by atoms with E-state index in [2.05, 4.69) is 15.6 Å². The van der Waals surface area contributed by atoms with Crippen molar-refractivity contribution in [1.82, 2.24) is 15.6 Å². The van der Waals surface area contributed by atoms with E-state index in [0.717, 1.165) is 31.4 Å². The molecule has 1 fully saturated rings. The van der Waals surface area contributed by atoms with Crippen LogP contribution in [0.3, 0.4) is 0 Å². The van der Waals surface area contributed by atoms with Crippen LogP contribution in [0.15, 0.2) is 48.7 Å². The van der Waals surface area contributed by atoms with Crippen molar-refractivity contribution in [3.8, 4) is 5.75 Å². The van der Waals surface area contributed by atoms with Crippen molar-refractivity contribution in [2.24, 2.45) is 11.8 Å². The molecule has 0 unspecified atom stereocenters. The molecule has 2 amide bonds. The number of aromatic nitrogens is 1. The van der Waals surface area contributed by atoms with Gasteiger partial charge in [-0.15, -0.1) is 0 Å². The van der Waals surface area contributed by atoms with Crippen LogP contribution >= 0.6 is 0 Å². The normalized spacial score (nSPS) is 19.8. The summed E-state index contributed by atoms with van der Waals surface area (Å²) in [7, 11) is 1.57. The number of benzene rings is 1. The van der Waals surface area contributed by atoms with Gasteiger partial charge in [-0.1, -0.05) is 18.2 Å². The van der Waals surface area contributed by atoms with E-state index in [0.29, 0.717) is 29.7 Å². The van der Waals surface area contributed by atoms with Gasteiger partial charge in [0, 0.05) is 19.7 Å². The van der Waals surface area contributed by atoms with Crippen molar-refractivity contribution in [3.63, 3.8) is 0 Å². The van der Waals surface area contributed by atoms with E-state index in [-0.39, 0.29) is 17.9 Å². The van der Waals surface area contributed by atoms with Gasteiger partial charge in [0.05, 0.1) is 24.4 Å². The van der Waals surface area contributed by atoms with Crippen LogP contribution in [-0.2, 0) is 4.79 Å². The monoisotopic (exact) mass is 395 g/mol. The maximum atomic E-state index is 12.5. The topological polar surface area (TPSA) is 80.3 Å². The van der Waals surface area contributed by atoms with Crippen LogP contribution in [-0.4, -0.2) is 30.5 Å². The highest BCUT2D eigenvalue weighted by molar-refractivity contribution is 5.96. The largest absolute Gasteiger partial charge is 0.496 e. The lowest BCUT2D eigenvalue weighted by Gasteiger charge is -2.34. The fourth-order valence-corrected chi connectivity index (χ4v) is 4.10. The molecule has 1 aliphatic rings. The maximum absolute atomic E-state index is 12.5. The van der Waals surface area contributed by atoms with Crippen molar-refractivity contribution in [1.29, 1.82) is 0 Å². The van der Waals surface area contributed by atoms with Crippen LogP contribution in [0.25, 0.3) is 0 Å². The molecule has 29 heavy (non-hydrogen) atoms. The van der Waals surface area contributed by atoms with Crippen molar-refractivity contribution in [2.75, 3.05) is 13.7 Å². The lowest BCUT2D eigenvalue weighted by Crippen LogP contribution is -2.36. The van der Waals surface area contributed by atoms with Gasteiger partial charge in [-0.25, -0.2) is 0 Å². The molecule has 0 aliphatic heterocycles. The maximum Gasteiger partial charge on any atom is 0.255 e. The molecule has 6 nitrogen and oxygen atoms in total. The van der Waals surface area contributed by atoms with Crippen LogP contribution in [0, 0.1) is 11.8 Å². The first-order chi connectivity index (χ1) is 14.1. The molecule has 1 heterocycles. The summed E-state index contributed by atoms with van der Waals surface area (Å²) in [6, 6.07) is 13.0. The summed E-state index contributed by atoms with van der Waals surface area (Å²) in [5.74, 6) is 1.24. The molecule has 3 rings (SSSR count). The second-order valence-corrected chi connectivity index (χ2v) is 7.62. The van der Waals surface area contributed by atoms with Crippen LogP contribution in [0.2, 0.25) is 0 Å². The minimum absolute atomic E-state index is 0.0353. The van der Waals surface area contributed by atoms with Gasteiger partial charge in [-0.05, 0) is 61.8 Å². The van der Waals surface area contributed by atoms with Crippen LogP contribution < -0.4 is 15.4 Å². The van der Waals surface area contributed by atoms with Gasteiger partial charge in [-0.3, -0.25) is 14.6 Å². The number of hydrogen-bond acceptors (Lipinski definition) is 4. The Balaban J connectivity index is 1.54. The molecule has 154 valence electrons. The Morgan fingerprint density at radius 3 is 2.48 bits per heavy atom. The van der Waals surface area contributed by atoms with Gasteiger partial charge in [0.1, 0.15) is 5.75 Å². The number of rotatable bonds is 7. The zero-order valence-corrected chi connectivity index (χ0v) is 17.1. The zero-order chi connectivity index (χ0) is 20.6. The average molecular weight is 396 g/mol. The van der Waals surface area contributed by atoms with Gasteiger partial charge in [0.25, 0.3) is 5.91 Å². The lowest BCUT2D eigenvalue weighted by molar-refractivity contribution is -0.120. The Morgan fingerprint density at radius 1 is 1.10 bits per heavy atom. The van der Waals surface area contributed by atoms with Crippen molar-refractivity contribution in [3.05, 3.63) is 59.9 Å². The first-order valence-electron chi connectivity index (χ1n) is 10.2. The Labute approximate surface area is 172 Å². The summed E-state index contributed by atoms with van der Waals surface area (Å²) in [6.07, 6.45) is 5.79. The third kappa shape index (κ3) is 5.56. The molecule has 1 atom stereocenters. The summed E-state index contributed by atoms with van der Waals surface area (Å²) >= 11 is 0. The van der Waals surface area contributed by atoms with Gasteiger partial charge < -0.3 is 15.4 Å². The fourth-order valence-electron chi connectivity index (χ4n) is 4.10. The van der Waals surface area contributed by atoms with Crippen LogP contribution in [0.4, 0.5) is 0 Å². The number of carbonyl (C=O) groups is 2. The predicted octanol–water partition coefficient (Wildman–Crippen LogP) is 3.50. The fraction of sp³-hybridized carbons (Fsp3) is 0.435. The highest BCUT2D eigenvalue weighted by atomic mass is 16.5. The molecule has 1 aromatic carbocycles. The quantitative estimate of drug-likeness (QED) is 0.752. The lowest BCUT2D eigenvalue weighted by atomic mass is 9.77. The molecule has 6 heteroatoms. The summed E-state index contributed by atoms with van der Waals surface area (Å²) < 4.78 is 5.27. The number of ether oxygens (including phenoxy) is 1. The Morgan fingerprint density at radius 2 is 1.83 bits per heavy atom. The molecule has 1 aliphatic carbocycles. The first kappa shape index (κ1) is 20.8.